The third kappa shape index (κ3) is 14.1. The van der Waals surface area contributed by atoms with Crippen LogP contribution in [0.25, 0.3) is 0 Å². The molecule has 1 nitrogen and oxygen atoms in total. The van der Waals surface area contributed by atoms with E-state index in [1.807, 2.05) is 0 Å². The van der Waals surface area contributed by atoms with Crippen molar-refractivity contribution in [2.45, 2.75) is 85.5 Å². The monoisotopic (exact) mass is 306 g/mol. The van der Waals surface area contributed by atoms with Crippen molar-refractivity contribution in [1.82, 2.24) is 0 Å². The van der Waals surface area contributed by atoms with Gasteiger partial charge in [-0.3, -0.25) is 0 Å². The molecular weight excluding hydrogens is 268 g/mol. The molecule has 0 atom stereocenters. The van der Waals surface area contributed by atoms with E-state index < -0.39 is 0 Å². The Balaban J connectivity index is 0.000000534. The highest BCUT2D eigenvalue weighted by Gasteiger charge is 1.93. The van der Waals surface area contributed by atoms with Crippen molar-refractivity contribution in [1.29, 1.82) is 0 Å². The number of aryl methyl sites for hydroxylation is 2. The maximum atomic E-state index is 5.52. The summed E-state index contributed by atoms with van der Waals surface area (Å²) >= 11 is 0. The van der Waals surface area contributed by atoms with Crippen molar-refractivity contribution in [2.75, 3.05) is 13.2 Å². The van der Waals surface area contributed by atoms with Gasteiger partial charge in [0.2, 0.25) is 0 Å². The number of rotatable bonds is 11. The lowest BCUT2D eigenvalue weighted by molar-refractivity contribution is 0.129. The molecule has 1 heteroatoms. The molecule has 0 amide bonds. The summed E-state index contributed by atoms with van der Waals surface area (Å²) in [6, 6.07) is 8.77. The van der Waals surface area contributed by atoms with Crippen LogP contribution < -0.4 is 0 Å². The van der Waals surface area contributed by atoms with Gasteiger partial charge in [-0.25, -0.2) is 0 Å². The number of unbranched alkanes of at least 4 members (excludes halogenated alkanes) is 5. The van der Waals surface area contributed by atoms with Crippen LogP contribution in [0.4, 0.5) is 0 Å². The molecule has 0 saturated heterocycles. The molecule has 1 rings (SSSR count). The molecule has 1 aromatic rings. The molecule has 0 aromatic heterocycles. The molecule has 0 heterocycles. The molecule has 0 radical (unpaired) electrons. The quantitative estimate of drug-likeness (QED) is 0.412. The zero-order chi connectivity index (χ0) is 16.5. The van der Waals surface area contributed by atoms with Crippen LogP contribution in [0.15, 0.2) is 24.3 Å². The van der Waals surface area contributed by atoms with Crippen LogP contribution in [-0.4, -0.2) is 13.2 Å². The van der Waals surface area contributed by atoms with E-state index in [0.29, 0.717) is 0 Å². The fraction of sp³-hybridized carbons (Fsp3) is 0.714. The number of hydrogen-bond donors (Lipinski definition) is 0. The fourth-order valence-electron chi connectivity index (χ4n) is 2.16. The molecule has 0 bridgehead atoms. The third-order valence-corrected chi connectivity index (χ3v) is 3.72. The molecule has 0 N–H and O–H groups in total. The Hall–Kier alpha value is -0.820. The summed E-state index contributed by atoms with van der Waals surface area (Å²) in [5.74, 6) is 0. The molecular formula is C21H38O. The van der Waals surface area contributed by atoms with Crippen molar-refractivity contribution in [2.24, 2.45) is 0 Å². The van der Waals surface area contributed by atoms with E-state index in [9.17, 15) is 0 Å². The van der Waals surface area contributed by atoms with E-state index in [2.05, 4.69) is 52.0 Å². The number of ether oxygens (including phenoxy) is 1. The van der Waals surface area contributed by atoms with Crippen molar-refractivity contribution in [3.63, 3.8) is 0 Å². The average Bonchev–Trinajstić information content (AvgIpc) is 2.54. The lowest BCUT2D eigenvalue weighted by Crippen LogP contribution is -1.98. The van der Waals surface area contributed by atoms with Gasteiger partial charge in [0.05, 0.1) is 0 Å². The van der Waals surface area contributed by atoms with E-state index in [4.69, 9.17) is 4.74 Å². The Morgan fingerprint density at radius 2 is 1.23 bits per heavy atom. The minimum Gasteiger partial charge on any atom is -0.381 e. The van der Waals surface area contributed by atoms with Gasteiger partial charge in [-0.1, -0.05) is 89.1 Å². The zero-order valence-electron chi connectivity index (χ0n) is 15.5. The van der Waals surface area contributed by atoms with Gasteiger partial charge >= 0.3 is 0 Å². The molecule has 0 aliphatic heterocycles. The van der Waals surface area contributed by atoms with E-state index >= 15 is 0 Å². The highest BCUT2D eigenvalue weighted by atomic mass is 16.5. The minimum absolute atomic E-state index is 0.897. The second-order valence-electron chi connectivity index (χ2n) is 6.12. The number of benzene rings is 1. The molecule has 0 aliphatic rings. The molecule has 0 spiro atoms. The summed E-state index contributed by atoms with van der Waals surface area (Å²) in [7, 11) is 0. The van der Waals surface area contributed by atoms with E-state index in [0.717, 1.165) is 26.1 Å². The van der Waals surface area contributed by atoms with Crippen LogP contribution in [0.3, 0.4) is 0 Å². The van der Waals surface area contributed by atoms with Crippen LogP contribution in [0.5, 0.6) is 0 Å². The first kappa shape index (κ1) is 21.2. The van der Waals surface area contributed by atoms with Gasteiger partial charge in [0.25, 0.3) is 0 Å². The summed E-state index contributed by atoms with van der Waals surface area (Å²) in [6.45, 7) is 10.6. The Bertz CT molecular complexity index is 311. The lowest BCUT2D eigenvalue weighted by Gasteiger charge is -2.03. The predicted octanol–water partition coefficient (Wildman–Crippen LogP) is 6.72. The highest BCUT2D eigenvalue weighted by Crippen LogP contribution is 2.05. The second kappa shape index (κ2) is 16.5. The SMILES string of the molecule is CCCCCCC.CCCCOCCCc1ccc(C)cc1. The van der Waals surface area contributed by atoms with Crippen molar-refractivity contribution >= 4 is 0 Å². The maximum absolute atomic E-state index is 5.52. The molecule has 128 valence electrons. The Morgan fingerprint density at radius 1 is 0.682 bits per heavy atom. The Morgan fingerprint density at radius 3 is 1.77 bits per heavy atom. The summed E-state index contributed by atoms with van der Waals surface area (Å²) in [5.41, 5.74) is 2.75. The lowest BCUT2D eigenvalue weighted by atomic mass is 10.1. The van der Waals surface area contributed by atoms with Gasteiger partial charge in [0.15, 0.2) is 0 Å². The van der Waals surface area contributed by atoms with Gasteiger partial charge in [0.1, 0.15) is 0 Å². The largest absolute Gasteiger partial charge is 0.381 e. The molecule has 0 fully saturated rings. The highest BCUT2D eigenvalue weighted by molar-refractivity contribution is 5.21. The number of hydrogen-bond acceptors (Lipinski definition) is 1. The van der Waals surface area contributed by atoms with E-state index in [-0.39, 0.29) is 0 Å². The van der Waals surface area contributed by atoms with Gasteiger partial charge in [0, 0.05) is 13.2 Å². The Labute approximate surface area is 139 Å². The topological polar surface area (TPSA) is 9.23 Å². The van der Waals surface area contributed by atoms with E-state index in [1.54, 1.807) is 0 Å². The van der Waals surface area contributed by atoms with Crippen molar-refractivity contribution in [3.05, 3.63) is 35.4 Å². The minimum atomic E-state index is 0.897. The molecule has 0 unspecified atom stereocenters. The van der Waals surface area contributed by atoms with Crippen LogP contribution in [0.1, 0.15) is 83.3 Å². The van der Waals surface area contributed by atoms with Crippen LogP contribution in [-0.2, 0) is 11.2 Å². The summed E-state index contributed by atoms with van der Waals surface area (Å²) in [5, 5.41) is 0. The van der Waals surface area contributed by atoms with Crippen molar-refractivity contribution in [3.8, 4) is 0 Å². The first-order valence-corrected chi connectivity index (χ1v) is 9.37. The predicted molar refractivity (Wildman–Crippen MR) is 99.7 cm³/mol. The second-order valence-corrected chi connectivity index (χ2v) is 6.12. The van der Waals surface area contributed by atoms with Gasteiger partial charge in [-0.15, -0.1) is 0 Å². The maximum Gasteiger partial charge on any atom is 0.0469 e. The van der Waals surface area contributed by atoms with Gasteiger partial charge in [-0.2, -0.15) is 0 Å². The normalized spacial score (nSPS) is 10.2. The van der Waals surface area contributed by atoms with Gasteiger partial charge in [-0.05, 0) is 31.7 Å². The summed E-state index contributed by atoms with van der Waals surface area (Å²) < 4.78 is 5.52. The third-order valence-electron chi connectivity index (χ3n) is 3.72. The molecule has 22 heavy (non-hydrogen) atoms. The van der Waals surface area contributed by atoms with Gasteiger partial charge < -0.3 is 4.74 Å². The standard InChI is InChI=1S/C14H22O.C7H16/c1-3-4-11-15-12-5-6-14-9-7-13(2)8-10-14;1-3-5-7-6-4-2/h7-10H,3-6,11-12H2,1-2H3;3-7H2,1-2H3. The first-order valence-electron chi connectivity index (χ1n) is 9.37. The summed E-state index contributed by atoms with van der Waals surface area (Å²) in [6.07, 6.45) is 11.7. The van der Waals surface area contributed by atoms with E-state index in [1.165, 1.54) is 56.1 Å². The van der Waals surface area contributed by atoms with Crippen LogP contribution in [0, 0.1) is 6.92 Å². The molecule has 1 aromatic carbocycles. The fourth-order valence-corrected chi connectivity index (χ4v) is 2.16. The van der Waals surface area contributed by atoms with Crippen LogP contribution in [0.2, 0.25) is 0 Å². The molecule has 0 aliphatic carbocycles. The first-order chi connectivity index (χ1) is 10.7. The van der Waals surface area contributed by atoms with Crippen LogP contribution >= 0.6 is 0 Å². The van der Waals surface area contributed by atoms with Crippen molar-refractivity contribution < 1.29 is 4.74 Å². The zero-order valence-corrected chi connectivity index (χ0v) is 15.5. The summed E-state index contributed by atoms with van der Waals surface area (Å²) in [4.78, 5) is 0. The molecule has 0 saturated carbocycles. The average molecular weight is 307 g/mol. The Kier molecular flexibility index (Phi) is 15.9. The smallest absolute Gasteiger partial charge is 0.0469 e.